The maximum absolute atomic E-state index is 11.6. The first-order chi connectivity index (χ1) is 13.7. The van der Waals surface area contributed by atoms with Crippen molar-refractivity contribution in [1.29, 1.82) is 0 Å². The average molecular weight is 407 g/mol. The number of likely N-dealkylation sites (N-methyl/N-ethyl adjacent to an activating group) is 1. The molecule has 6 nitrogen and oxygen atoms in total. The van der Waals surface area contributed by atoms with Crippen molar-refractivity contribution >= 4 is 12.0 Å². The lowest BCUT2D eigenvalue weighted by Crippen LogP contribution is -2.32. The van der Waals surface area contributed by atoms with Gasteiger partial charge in [0.2, 0.25) is 5.91 Å². The zero-order valence-electron chi connectivity index (χ0n) is 18.5. The van der Waals surface area contributed by atoms with Gasteiger partial charge in [-0.1, -0.05) is 32.1 Å². The van der Waals surface area contributed by atoms with E-state index in [0.29, 0.717) is 24.5 Å². The molecule has 0 bridgehead atoms. The molecule has 1 aromatic carbocycles. The minimum absolute atomic E-state index is 0.101. The Kier molecular flexibility index (Phi) is 11.4. The number of rotatable bonds is 14. The molecule has 0 saturated carbocycles. The third-order valence-electron chi connectivity index (χ3n) is 4.71. The van der Waals surface area contributed by atoms with Crippen LogP contribution in [0.3, 0.4) is 0 Å². The molecule has 0 radical (unpaired) electrons. The van der Waals surface area contributed by atoms with E-state index in [1.807, 2.05) is 0 Å². The Bertz CT molecular complexity index is 636. The van der Waals surface area contributed by atoms with Gasteiger partial charge in [0.25, 0.3) is 0 Å². The van der Waals surface area contributed by atoms with Crippen LogP contribution in [-0.2, 0) is 4.79 Å². The molecule has 0 spiro atoms. The molecule has 0 atom stereocenters. The quantitative estimate of drug-likeness (QED) is 0.213. The Morgan fingerprint density at radius 1 is 1.07 bits per heavy atom. The number of hydroxylamine groups is 3. The minimum atomic E-state index is -0.187. The summed E-state index contributed by atoms with van der Waals surface area (Å²) in [6, 6.07) is 5.14. The number of carbonyl (C=O) groups is 1. The molecule has 0 aliphatic carbocycles. The lowest BCUT2D eigenvalue weighted by molar-refractivity contribution is -0.840. The van der Waals surface area contributed by atoms with Crippen molar-refractivity contribution in [3.05, 3.63) is 35.0 Å². The van der Waals surface area contributed by atoms with Crippen molar-refractivity contribution < 1.29 is 19.3 Å². The van der Waals surface area contributed by atoms with E-state index in [4.69, 9.17) is 4.74 Å². The predicted molar refractivity (Wildman–Crippen MR) is 119 cm³/mol. The second-order valence-corrected chi connectivity index (χ2v) is 8.26. The van der Waals surface area contributed by atoms with Gasteiger partial charge in [-0.05, 0) is 37.5 Å². The highest BCUT2D eigenvalue weighted by atomic mass is 16.5. The molecule has 0 aromatic heterocycles. The smallest absolute Gasteiger partial charge is 0.246 e. The van der Waals surface area contributed by atoms with Crippen molar-refractivity contribution in [1.82, 2.24) is 4.90 Å². The van der Waals surface area contributed by atoms with Crippen LogP contribution >= 0.6 is 0 Å². The number of nitrogens with zero attached hydrogens (tertiary/aromatic N) is 2. The van der Waals surface area contributed by atoms with Crippen LogP contribution in [0, 0.1) is 5.21 Å². The van der Waals surface area contributed by atoms with Crippen LogP contribution in [0.4, 0.5) is 0 Å². The molecule has 0 unspecified atom stereocenters. The summed E-state index contributed by atoms with van der Waals surface area (Å²) in [5.41, 5.74) is 0.588. The maximum Gasteiger partial charge on any atom is 0.246 e. The van der Waals surface area contributed by atoms with Gasteiger partial charge in [-0.15, -0.1) is 0 Å². The van der Waals surface area contributed by atoms with E-state index in [9.17, 15) is 15.1 Å². The molecule has 1 rings (SSSR count). The van der Waals surface area contributed by atoms with Gasteiger partial charge < -0.3 is 24.6 Å². The SMILES string of the molecule is CN(C)C(=O)/C=C/c1ccc(OCCCCCCCCCC[N+](C)(C)[O-])cc1O. The van der Waals surface area contributed by atoms with Crippen LogP contribution in [0.5, 0.6) is 11.5 Å². The molecular weight excluding hydrogens is 368 g/mol. The van der Waals surface area contributed by atoms with Gasteiger partial charge >= 0.3 is 0 Å². The predicted octanol–water partition coefficient (Wildman–Crippen LogP) is 4.57. The molecule has 0 fully saturated rings. The molecule has 29 heavy (non-hydrogen) atoms. The van der Waals surface area contributed by atoms with E-state index in [-0.39, 0.29) is 16.3 Å². The van der Waals surface area contributed by atoms with E-state index >= 15 is 0 Å². The molecule has 164 valence electrons. The highest BCUT2D eigenvalue weighted by Crippen LogP contribution is 2.25. The lowest BCUT2D eigenvalue weighted by Gasteiger charge is -2.33. The highest BCUT2D eigenvalue weighted by molar-refractivity contribution is 5.91. The first kappa shape index (κ1) is 25.0. The third-order valence-corrected chi connectivity index (χ3v) is 4.71. The topological polar surface area (TPSA) is 72.8 Å². The van der Waals surface area contributed by atoms with Crippen molar-refractivity contribution in [2.45, 2.75) is 51.4 Å². The molecule has 1 amide bonds. The zero-order chi connectivity index (χ0) is 21.7. The van der Waals surface area contributed by atoms with Crippen molar-refractivity contribution in [2.75, 3.05) is 41.3 Å². The normalized spacial score (nSPS) is 11.8. The number of amides is 1. The van der Waals surface area contributed by atoms with Crippen LogP contribution in [-0.4, -0.2) is 61.9 Å². The Hall–Kier alpha value is -2.05. The summed E-state index contributed by atoms with van der Waals surface area (Å²) in [5, 5.41) is 21.5. The molecule has 1 aromatic rings. The number of ether oxygens (including phenoxy) is 1. The van der Waals surface area contributed by atoms with Gasteiger partial charge in [-0.2, -0.15) is 0 Å². The first-order valence-electron chi connectivity index (χ1n) is 10.6. The number of hydrogen-bond acceptors (Lipinski definition) is 4. The van der Waals surface area contributed by atoms with Gasteiger partial charge in [-0.3, -0.25) is 4.79 Å². The molecule has 0 aliphatic heterocycles. The number of carbonyl (C=O) groups excluding carboxylic acids is 1. The molecular formula is C23H38N2O4. The van der Waals surface area contributed by atoms with E-state index in [1.54, 1.807) is 52.5 Å². The van der Waals surface area contributed by atoms with Crippen LogP contribution in [0.15, 0.2) is 24.3 Å². The Morgan fingerprint density at radius 2 is 1.66 bits per heavy atom. The molecule has 0 aliphatic rings. The number of phenolic OH excluding ortho intramolecular Hbond substituents is 1. The average Bonchev–Trinajstić information content (AvgIpc) is 2.64. The van der Waals surface area contributed by atoms with Crippen LogP contribution in [0.2, 0.25) is 0 Å². The standard InChI is InChI=1S/C23H38N2O4/c1-24(2)23(27)16-14-20-13-15-21(19-22(20)26)29-18-12-10-8-6-5-7-9-11-17-25(3,4)28/h13-16,19,26H,5-12,17-18H2,1-4H3/b16-14+. The summed E-state index contributed by atoms with van der Waals surface area (Å²) in [6.07, 6.45) is 12.2. The zero-order valence-corrected chi connectivity index (χ0v) is 18.5. The fraction of sp³-hybridized carbons (Fsp3) is 0.609. The van der Waals surface area contributed by atoms with E-state index in [1.165, 1.54) is 36.7 Å². The van der Waals surface area contributed by atoms with Gasteiger partial charge in [0, 0.05) is 31.8 Å². The monoisotopic (exact) mass is 406 g/mol. The number of phenols is 1. The third kappa shape index (κ3) is 12.2. The molecule has 6 heteroatoms. The molecule has 0 saturated heterocycles. The van der Waals surface area contributed by atoms with Gasteiger partial charge in [-0.25, -0.2) is 0 Å². The fourth-order valence-electron chi connectivity index (χ4n) is 2.91. The summed E-state index contributed by atoms with van der Waals surface area (Å²) in [4.78, 5) is 13.0. The number of hydrogen-bond donors (Lipinski definition) is 1. The van der Waals surface area contributed by atoms with Crippen molar-refractivity contribution in [3.8, 4) is 11.5 Å². The minimum Gasteiger partial charge on any atom is -0.633 e. The fourth-order valence-corrected chi connectivity index (χ4v) is 2.91. The summed E-state index contributed by atoms with van der Waals surface area (Å²) in [5.74, 6) is 0.609. The van der Waals surface area contributed by atoms with Gasteiger partial charge in [0.05, 0.1) is 27.2 Å². The number of unbranched alkanes of at least 4 members (excludes halogenated alkanes) is 7. The highest BCUT2D eigenvalue weighted by Gasteiger charge is 2.04. The van der Waals surface area contributed by atoms with E-state index < -0.39 is 0 Å². The van der Waals surface area contributed by atoms with Gasteiger partial charge in [0.15, 0.2) is 0 Å². The molecule has 1 N–H and O–H groups in total. The number of benzene rings is 1. The van der Waals surface area contributed by atoms with Crippen molar-refractivity contribution in [3.63, 3.8) is 0 Å². The van der Waals surface area contributed by atoms with Gasteiger partial charge in [0.1, 0.15) is 11.5 Å². The Morgan fingerprint density at radius 3 is 2.21 bits per heavy atom. The first-order valence-corrected chi connectivity index (χ1v) is 10.6. The van der Waals surface area contributed by atoms with E-state index in [2.05, 4.69) is 0 Å². The Balaban J connectivity index is 2.13. The van der Waals surface area contributed by atoms with E-state index in [0.717, 1.165) is 25.7 Å². The number of aromatic hydroxyl groups is 1. The second-order valence-electron chi connectivity index (χ2n) is 8.26. The summed E-state index contributed by atoms with van der Waals surface area (Å²) < 4.78 is 5.52. The van der Waals surface area contributed by atoms with Crippen molar-refractivity contribution in [2.24, 2.45) is 0 Å². The summed E-state index contributed by atoms with van der Waals surface area (Å²) >= 11 is 0. The summed E-state index contributed by atoms with van der Waals surface area (Å²) in [7, 11) is 6.76. The lowest BCUT2D eigenvalue weighted by atomic mass is 10.1. The maximum atomic E-state index is 11.6. The summed E-state index contributed by atoms with van der Waals surface area (Å²) in [6.45, 7) is 1.34. The van der Waals surface area contributed by atoms with Crippen LogP contribution < -0.4 is 4.74 Å². The molecule has 0 heterocycles. The largest absolute Gasteiger partial charge is 0.633 e. The second kappa shape index (κ2) is 13.2. The number of quaternary nitrogens is 1. The van der Waals surface area contributed by atoms with Crippen LogP contribution in [0.1, 0.15) is 56.9 Å². The van der Waals surface area contributed by atoms with Crippen LogP contribution in [0.25, 0.3) is 6.08 Å². The Labute approximate surface area is 175 Å².